The van der Waals surface area contributed by atoms with Gasteiger partial charge in [0.2, 0.25) is 5.91 Å². The van der Waals surface area contributed by atoms with E-state index in [4.69, 9.17) is 4.74 Å². The lowest BCUT2D eigenvalue weighted by molar-refractivity contribution is -0.173. The minimum Gasteiger partial charge on any atom is -0.372 e. The standard InChI is InChI=1S/C22H43N5O2/c1-18(2)23-9-10-24-20(28)15-25-21-5-7-22(8-6-21,29-17-21)16-26-11-13-27(14-12-26)19(3)4/h18-19,23,25H,5-17H2,1-4H3,(H,24,28). The van der Waals surface area contributed by atoms with Crippen LogP contribution in [-0.4, -0.2) is 97.9 Å². The fourth-order valence-corrected chi connectivity index (χ4v) is 4.93. The van der Waals surface area contributed by atoms with Gasteiger partial charge in [-0.2, -0.15) is 0 Å². The molecule has 0 atom stereocenters. The molecule has 0 aromatic rings. The van der Waals surface area contributed by atoms with E-state index in [1.54, 1.807) is 0 Å². The largest absolute Gasteiger partial charge is 0.372 e. The number of nitrogens with one attached hydrogen (secondary N) is 3. The highest BCUT2D eigenvalue weighted by Gasteiger charge is 2.50. The van der Waals surface area contributed by atoms with Gasteiger partial charge in [0, 0.05) is 63.4 Å². The molecule has 1 saturated carbocycles. The van der Waals surface area contributed by atoms with Crippen molar-refractivity contribution in [1.29, 1.82) is 0 Å². The summed E-state index contributed by atoms with van der Waals surface area (Å²) in [6.45, 7) is 17.1. The van der Waals surface area contributed by atoms with Crippen LogP contribution in [0.15, 0.2) is 0 Å². The summed E-state index contributed by atoms with van der Waals surface area (Å²) >= 11 is 0. The monoisotopic (exact) mass is 409 g/mol. The Morgan fingerprint density at radius 1 is 1.00 bits per heavy atom. The SMILES string of the molecule is CC(C)NCCNC(=O)CNC12CCC(CN3CCN(C(C)C)CC3)(CC1)OC2. The van der Waals surface area contributed by atoms with E-state index in [9.17, 15) is 4.79 Å². The van der Waals surface area contributed by atoms with Crippen molar-refractivity contribution < 1.29 is 9.53 Å². The number of hydrogen-bond acceptors (Lipinski definition) is 6. The van der Waals surface area contributed by atoms with Gasteiger partial charge in [0.1, 0.15) is 0 Å². The van der Waals surface area contributed by atoms with Crippen LogP contribution in [0.25, 0.3) is 0 Å². The number of carbonyl (C=O) groups excluding carboxylic acids is 1. The fraction of sp³-hybridized carbons (Fsp3) is 0.955. The van der Waals surface area contributed by atoms with Crippen molar-refractivity contribution in [2.24, 2.45) is 0 Å². The maximum absolute atomic E-state index is 12.1. The molecule has 3 heterocycles. The summed E-state index contributed by atoms with van der Waals surface area (Å²) in [4.78, 5) is 17.3. The predicted molar refractivity (Wildman–Crippen MR) is 117 cm³/mol. The Kier molecular flexibility index (Phi) is 7.95. The minimum atomic E-state index is -0.00832. The zero-order chi connectivity index (χ0) is 20.9. The van der Waals surface area contributed by atoms with Gasteiger partial charge in [-0.15, -0.1) is 0 Å². The summed E-state index contributed by atoms with van der Waals surface area (Å²) in [7, 11) is 0. The molecule has 0 aromatic heterocycles. The van der Waals surface area contributed by atoms with E-state index >= 15 is 0 Å². The van der Waals surface area contributed by atoms with E-state index in [0.29, 0.717) is 25.2 Å². The molecule has 29 heavy (non-hydrogen) atoms. The maximum Gasteiger partial charge on any atom is 0.234 e. The van der Waals surface area contributed by atoms with Gasteiger partial charge < -0.3 is 20.7 Å². The molecule has 3 aliphatic heterocycles. The van der Waals surface area contributed by atoms with Gasteiger partial charge in [-0.3, -0.25) is 14.6 Å². The topological polar surface area (TPSA) is 68.9 Å². The van der Waals surface area contributed by atoms with Crippen LogP contribution in [0.1, 0.15) is 53.4 Å². The van der Waals surface area contributed by atoms with E-state index in [0.717, 1.165) is 58.5 Å². The average Bonchev–Trinajstić information content (AvgIpc) is 2.71. The van der Waals surface area contributed by atoms with Gasteiger partial charge in [0.05, 0.1) is 18.8 Å². The van der Waals surface area contributed by atoms with Crippen molar-refractivity contribution >= 4 is 5.91 Å². The van der Waals surface area contributed by atoms with Crippen LogP contribution in [0.5, 0.6) is 0 Å². The van der Waals surface area contributed by atoms with Gasteiger partial charge in [-0.05, 0) is 39.5 Å². The van der Waals surface area contributed by atoms with Crippen molar-refractivity contribution in [3.8, 4) is 0 Å². The average molecular weight is 410 g/mol. The van der Waals surface area contributed by atoms with Crippen LogP contribution in [0.3, 0.4) is 0 Å². The Balaban J connectivity index is 1.36. The van der Waals surface area contributed by atoms with Crippen LogP contribution in [0.4, 0.5) is 0 Å². The van der Waals surface area contributed by atoms with Crippen LogP contribution in [0, 0.1) is 0 Å². The number of nitrogens with zero attached hydrogens (tertiary/aromatic N) is 2. The lowest BCUT2D eigenvalue weighted by Gasteiger charge is -2.55. The van der Waals surface area contributed by atoms with Crippen molar-refractivity contribution in [2.45, 2.75) is 76.6 Å². The molecule has 1 amide bonds. The van der Waals surface area contributed by atoms with E-state index in [1.807, 2.05) is 0 Å². The predicted octanol–water partition coefficient (Wildman–Crippen LogP) is 0.798. The molecule has 7 nitrogen and oxygen atoms in total. The zero-order valence-electron chi connectivity index (χ0n) is 19.1. The second kappa shape index (κ2) is 10.1. The van der Waals surface area contributed by atoms with Crippen LogP contribution < -0.4 is 16.0 Å². The summed E-state index contributed by atoms with van der Waals surface area (Å²) in [6.07, 6.45) is 4.43. The molecule has 168 valence electrons. The molecule has 0 spiro atoms. The molecule has 0 unspecified atom stereocenters. The second-order valence-electron chi connectivity index (χ2n) is 9.97. The first-order valence-electron chi connectivity index (χ1n) is 11.7. The van der Waals surface area contributed by atoms with Gasteiger partial charge in [0.25, 0.3) is 0 Å². The summed E-state index contributed by atoms with van der Waals surface area (Å²) in [5.74, 6) is 0.0790. The van der Waals surface area contributed by atoms with Gasteiger partial charge >= 0.3 is 0 Å². The summed E-state index contributed by atoms with van der Waals surface area (Å²) < 4.78 is 6.44. The number of fused-ring (bicyclic) bond motifs is 3. The molecule has 4 rings (SSSR count). The zero-order valence-corrected chi connectivity index (χ0v) is 19.1. The first-order chi connectivity index (χ1) is 13.8. The first-order valence-corrected chi connectivity index (χ1v) is 11.7. The van der Waals surface area contributed by atoms with Crippen LogP contribution in [-0.2, 0) is 9.53 Å². The third-order valence-corrected chi connectivity index (χ3v) is 7.05. The fourth-order valence-electron chi connectivity index (χ4n) is 4.93. The molecule has 1 aliphatic carbocycles. The van der Waals surface area contributed by atoms with E-state index in [1.165, 1.54) is 13.1 Å². The van der Waals surface area contributed by atoms with E-state index in [2.05, 4.69) is 53.4 Å². The Bertz CT molecular complexity index is 507. The first kappa shape index (κ1) is 22.9. The third-order valence-electron chi connectivity index (χ3n) is 7.05. The lowest BCUT2D eigenvalue weighted by Crippen LogP contribution is -2.65. The summed E-state index contributed by atoms with van der Waals surface area (Å²) in [6, 6.07) is 1.09. The number of amides is 1. The van der Waals surface area contributed by atoms with Gasteiger partial charge in [-0.1, -0.05) is 13.8 Å². The number of hydrogen-bond donors (Lipinski definition) is 3. The second-order valence-corrected chi connectivity index (χ2v) is 9.97. The Hall–Kier alpha value is -0.730. The van der Waals surface area contributed by atoms with Crippen molar-refractivity contribution in [1.82, 2.24) is 25.8 Å². The van der Waals surface area contributed by atoms with Gasteiger partial charge in [0.15, 0.2) is 0 Å². The Morgan fingerprint density at radius 3 is 2.24 bits per heavy atom. The molecule has 4 fully saturated rings. The Labute approximate surface area is 177 Å². The molecule has 3 N–H and O–H groups in total. The highest BCUT2D eigenvalue weighted by molar-refractivity contribution is 5.78. The highest BCUT2D eigenvalue weighted by atomic mass is 16.5. The maximum atomic E-state index is 12.1. The molecule has 2 bridgehead atoms. The van der Waals surface area contributed by atoms with Crippen molar-refractivity contribution in [3.05, 3.63) is 0 Å². The number of rotatable bonds is 10. The van der Waals surface area contributed by atoms with Crippen molar-refractivity contribution in [3.63, 3.8) is 0 Å². The molecular formula is C22H43N5O2. The molecule has 4 aliphatic rings. The summed E-state index contributed by atoms with van der Waals surface area (Å²) in [5, 5.41) is 9.84. The van der Waals surface area contributed by atoms with Crippen molar-refractivity contribution in [2.75, 3.05) is 59.0 Å². The normalized spacial score (nSPS) is 31.0. The molecule has 0 radical (unpaired) electrons. The van der Waals surface area contributed by atoms with Crippen LogP contribution in [0.2, 0.25) is 0 Å². The Morgan fingerprint density at radius 2 is 1.69 bits per heavy atom. The van der Waals surface area contributed by atoms with E-state index in [-0.39, 0.29) is 17.0 Å². The lowest BCUT2D eigenvalue weighted by atomic mass is 9.71. The smallest absolute Gasteiger partial charge is 0.234 e. The number of piperazine rings is 1. The number of carbonyl (C=O) groups is 1. The van der Waals surface area contributed by atoms with Crippen LogP contribution >= 0.6 is 0 Å². The minimum absolute atomic E-state index is 0.00832. The highest BCUT2D eigenvalue weighted by Crippen LogP contribution is 2.44. The molecule has 3 saturated heterocycles. The molecular weight excluding hydrogens is 366 g/mol. The molecule has 7 heteroatoms. The molecule has 0 aromatic carbocycles. The quantitative estimate of drug-likeness (QED) is 0.464. The number of ether oxygens (including phenoxy) is 1. The van der Waals surface area contributed by atoms with E-state index < -0.39 is 0 Å². The van der Waals surface area contributed by atoms with Gasteiger partial charge in [-0.25, -0.2) is 0 Å². The third kappa shape index (κ3) is 6.37. The summed E-state index contributed by atoms with van der Waals surface area (Å²) in [5.41, 5.74) is 0.0276.